The first-order valence-corrected chi connectivity index (χ1v) is 9.07. The standard InChI is InChI=1S/C14H22ClN3O3S/c1-17(2)10-4-9-16-14(19)11-18(22(3,20)21)13-7-5-12(15)6-8-13/h5-8H,4,9-11H2,1-3H3,(H,16,19). The molecular formula is C14H22ClN3O3S. The Morgan fingerprint density at radius 1 is 1.23 bits per heavy atom. The summed E-state index contributed by atoms with van der Waals surface area (Å²) in [6.45, 7) is 1.12. The SMILES string of the molecule is CN(C)CCCNC(=O)CN(c1ccc(Cl)cc1)S(C)(=O)=O. The highest BCUT2D eigenvalue weighted by Gasteiger charge is 2.20. The van der Waals surface area contributed by atoms with E-state index < -0.39 is 10.0 Å². The summed E-state index contributed by atoms with van der Waals surface area (Å²) in [6.07, 6.45) is 1.87. The quantitative estimate of drug-likeness (QED) is 0.717. The summed E-state index contributed by atoms with van der Waals surface area (Å²) >= 11 is 5.80. The number of rotatable bonds is 8. The van der Waals surface area contributed by atoms with Crippen LogP contribution >= 0.6 is 11.6 Å². The van der Waals surface area contributed by atoms with Crippen LogP contribution in [0.4, 0.5) is 5.69 Å². The smallest absolute Gasteiger partial charge is 0.240 e. The van der Waals surface area contributed by atoms with Gasteiger partial charge in [0.1, 0.15) is 6.54 Å². The number of hydrogen-bond donors (Lipinski definition) is 1. The van der Waals surface area contributed by atoms with Crippen molar-refractivity contribution < 1.29 is 13.2 Å². The van der Waals surface area contributed by atoms with Crippen molar-refractivity contribution >= 4 is 33.2 Å². The Labute approximate surface area is 137 Å². The summed E-state index contributed by atoms with van der Waals surface area (Å²) in [4.78, 5) is 13.9. The van der Waals surface area contributed by atoms with Crippen LogP contribution in [0.25, 0.3) is 0 Å². The lowest BCUT2D eigenvalue weighted by atomic mass is 10.3. The Bertz CT molecular complexity index is 588. The summed E-state index contributed by atoms with van der Waals surface area (Å²) in [5.74, 6) is -0.334. The minimum absolute atomic E-state index is 0.248. The molecule has 0 spiro atoms. The topological polar surface area (TPSA) is 69.7 Å². The second-order valence-corrected chi connectivity index (χ2v) is 7.60. The van der Waals surface area contributed by atoms with Crippen molar-refractivity contribution in [2.24, 2.45) is 0 Å². The summed E-state index contributed by atoms with van der Waals surface area (Å²) < 4.78 is 24.8. The zero-order valence-corrected chi connectivity index (χ0v) is 14.6. The molecule has 0 aromatic heterocycles. The van der Waals surface area contributed by atoms with Crippen molar-refractivity contribution in [3.8, 4) is 0 Å². The van der Waals surface area contributed by atoms with Crippen LogP contribution in [-0.2, 0) is 14.8 Å². The maximum atomic E-state index is 11.9. The molecule has 0 fully saturated rings. The van der Waals surface area contributed by atoms with E-state index in [9.17, 15) is 13.2 Å². The minimum Gasteiger partial charge on any atom is -0.354 e. The molecule has 0 saturated heterocycles. The predicted molar refractivity (Wildman–Crippen MR) is 89.8 cm³/mol. The number of carbonyl (C=O) groups is 1. The second kappa shape index (κ2) is 8.36. The van der Waals surface area contributed by atoms with Gasteiger partial charge in [0, 0.05) is 11.6 Å². The number of halogens is 1. The molecule has 22 heavy (non-hydrogen) atoms. The normalized spacial score (nSPS) is 11.5. The van der Waals surface area contributed by atoms with Crippen LogP contribution in [0.2, 0.25) is 5.02 Å². The Morgan fingerprint density at radius 2 is 1.82 bits per heavy atom. The van der Waals surface area contributed by atoms with Gasteiger partial charge in [0.15, 0.2) is 0 Å². The molecule has 1 N–H and O–H groups in total. The fourth-order valence-electron chi connectivity index (χ4n) is 1.82. The third kappa shape index (κ3) is 6.64. The molecule has 6 nitrogen and oxygen atoms in total. The van der Waals surface area contributed by atoms with Gasteiger partial charge in [-0.2, -0.15) is 0 Å². The molecule has 1 aromatic carbocycles. The number of benzene rings is 1. The average Bonchev–Trinajstić information content (AvgIpc) is 2.41. The molecule has 1 aromatic rings. The van der Waals surface area contributed by atoms with Crippen LogP contribution in [0.15, 0.2) is 24.3 Å². The number of amides is 1. The first-order valence-electron chi connectivity index (χ1n) is 6.85. The molecular weight excluding hydrogens is 326 g/mol. The van der Waals surface area contributed by atoms with E-state index in [0.717, 1.165) is 23.5 Å². The van der Waals surface area contributed by atoms with E-state index in [-0.39, 0.29) is 12.5 Å². The van der Waals surface area contributed by atoms with E-state index in [1.54, 1.807) is 24.3 Å². The molecule has 0 aliphatic heterocycles. The molecule has 0 radical (unpaired) electrons. The van der Waals surface area contributed by atoms with Crippen molar-refractivity contribution in [1.82, 2.24) is 10.2 Å². The van der Waals surface area contributed by atoms with E-state index in [2.05, 4.69) is 5.32 Å². The molecule has 0 bridgehead atoms. The molecule has 0 atom stereocenters. The minimum atomic E-state index is -3.55. The molecule has 0 aliphatic rings. The Morgan fingerprint density at radius 3 is 2.32 bits per heavy atom. The summed E-state index contributed by atoms with van der Waals surface area (Å²) in [5, 5.41) is 3.23. The Balaban J connectivity index is 2.67. The van der Waals surface area contributed by atoms with E-state index in [4.69, 9.17) is 11.6 Å². The van der Waals surface area contributed by atoms with Crippen LogP contribution in [0.1, 0.15) is 6.42 Å². The van der Waals surface area contributed by atoms with Crippen molar-refractivity contribution in [2.45, 2.75) is 6.42 Å². The van der Waals surface area contributed by atoms with Gasteiger partial charge in [-0.25, -0.2) is 8.42 Å². The Hall–Kier alpha value is -1.31. The van der Waals surface area contributed by atoms with Gasteiger partial charge in [-0.3, -0.25) is 9.10 Å². The molecule has 0 heterocycles. The van der Waals surface area contributed by atoms with Gasteiger partial charge in [0.25, 0.3) is 0 Å². The maximum Gasteiger partial charge on any atom is 0.240 e. The van der Waals surface area contributed by atoms with E-state index in [1.807, 2.05) is 19.0 Å². The first kappa shape index (κ1) is 18.7. The summed E-state index contributed by atoms with van der Waals surface area (Å²) in [7, 11) is 0.356. The largest absolute Gasteiger partial charge is 0.354 e. The van der Waals surface area contributed by atoms with Gasteiger partial charge in [-0.15, -0.1) is 0 Å². The number of nitrogens with one attached hydrogen (secondary N) is 1. The fourth-order valence-corrected chi connectivity index (χ4v) is 2.80. The number of hydrogen-bond acceptors (Lipinski definition) is 4. The number of carbonyl (C=O) groups excluding carboxylic acids is 1. The van der Waals surface area contributed by atoms with Gasteiger partial charge in [0.05, 0.1) is 11.9 Å². The van der Waals surface area contributed by atoms with Gasteiger partial charge >= 0.3 is 0 Å². The van der Waals surface area contributed by atoms with Crippen LogP contribution in [0, 0.1) is 0 Å². The molecule has 8 heteroatoms. The lowest BCUT2D eigenvalue weighted by Gasteiger charge is -2.22. The zero-order chi connectivity index (χ0) is 16.8. The van der Waals surface area contributed by atoms with Crippen LogP contribution in [-0.4, -0.2) is 59.2 Å². The summed E-state index contributed by atoms with van der Waals surface area (Å²) in [6, 6.07) is 6.32. The van der Waals surface area contributed by atoms with E-state index in [0.29, 0.717) is 17.3 Å². The third-order valence-corrected chi connectivity index (χ3v) is 4.30. The zero-order valence-electron chi connectivity index (χ0n) is 13.0. The molecule has 1 rings (SSSR count). The van der Waals surface area contributed by atoms with Crippen LogP contribution in [0.5, 0.6) is 0 Å². The van der Waals surface area contributed by atoms with Crippen molar-refractivity contribution in [2.75, 3.05) is 44.3 Å². The number of nitrogens with zero attached hydrogens (tertiary/aromatic N) is 2. The lowest BCUT2D eigenvalue weighted by molar-refractivity contribution is -0.119. The van der Waals surface area contributed by atoms with Gasteiger partial charge in [-0.05, 0) is 51.3 Å². The lowest BCUT2D eigenvalue weighted by Crippen LogP contribution is -2.41. The molecule has 0 unspecified atom stereocenters. The molecule has 0 aliphatic carbocycles. The van der Waals surface area contributed by atoms with E-state index in [1.165, 1.54) is 0 Å². The summed E-state index contributed by atoms with van der Waals surface area (Å²) in [5.41, 5.74) is 0.412. The molecule has 124 valence electrons. The molecule has 1 amide bonds. The highest BCUT2D eigenvalue weighted by atomic mass is 35.5. The predicted octanol–water partition coefficient (Wildman–Crippen LogP) is 1.17. The fraction of sp³-hybridized carbons (Fsp3) is 0.500. The second-order valence-electron chi connectivity index (χ2n) is 5.25. The van der Waals surface area contributed by atoms with Crippen LogP contribution in [0.3, 0.4) is 0 Å². The average molecular weight is 348 g/mol. The van der Waals surface area contributed by atoms with Gasteiger partial charge < -0.3 is 10.2 Å². The van der Waals surface area contributed by atoms with Crippen molar-refractivity contribution in [1.29, 1.82) is 0 Å². The highest BCUT2D eigenvalue weighted by Crippen LogP contribution is 2.20. The Kier molecular flexibility index (Phi) is 7.12. The monoisotopic (exact) mass is 347 g/mol. The van der Waals surface area contributed by atoms with Crippen molar-refractivity contribution in [3.05, 3.63) is 29.3 Å². The number of anilines is 1. The maximum absolute atomic E-state index is 11.9. The van der Waals surface area contributed by atoms with Crippen molar-refractivity contribution in [3.63, 3.8) is 0 Å². The van der Waals surface area contributed by atoms with Crippen LogP contribution < -0.4 is 9.62 Å². The van der Waals surface area contributed by atoms with Gasteiger partial charge in [0.2, 0.25) is 15.9 Å². The third-order valence-electron chi connectivity index (χ3n) is 2.91. The molecule has 0 saturated carbocycles. The van der Waals surface area contributed by atoms with Gasteiger partial charge in [-0.1, -0.05) is 11.6 Å². The van der Waals surface area contributed by atoms with E-state index >= 15 is 0 Å². The highest BCUT2D eigenvalue weighted by molar-refractivity contribution is 7.92. The number of sulfonamides is 1. The first-order chi connectivity index (χ1) is 10.2.